The average Bonchev–Trinajstić information content (AvgIpc) is 2.54. The zero-order chi connectivity index (χ0) is 15.9. The molecule has 1 fully saturated rings. The van der Waals surface area contributed by atoms with E-state index in [1.54, 1.807) is 6.08 Å². The molecule has 22 heavy (non-hydrogen) atoms. The molecule has 0 unspecified atom stereocenters. The Morgan fingerprint density at radius 1 is 1.00 bits per heavy atom. The number of likely N-dealkylation sites (N-methyl/N-ethyl adjacent to an activating group) is 1. The van der Waals surface area contributed by atoms with Gasteiger partial charge in [0.25, 0.3) is 0 Å². The number of aryl methyl sites for hydroxylation is 1. The molecule has 1 aromatic rings. The van der Waals surface area contributed by atoms with E-state index >= 15 is 0 Å². The van der Waals surface area contributed by atoms with E-state index in [0.29, 0.717) is 0 Å². The van der Waals surface area contributed by atoms with Crippen LogP contribution in [-0.2, 0) is 0 Å². The van der Waals surface area contributed by atoms with E-state index in [1.165, 1.54) is 5.56 Å². The highest BCUT2D eigenvalue weighted by molar-refractivity contribution is 5.66. The molecule has 4 heteroatoms. The van der Waals surface area contributed by atoms with Crippen molar-refractivity contribution < 1.29 is 0 Å². The number of hydrogen-bond donors (Lipinski definition) is 0. The number of nitrogens with zero attached hydrogens (tertiary/aromatic N) is 4. The topological polar surface area (TPSA) is 54.1 Å². The Kier molecular flexibility index (Phi) is 5.36. The van der Waals surface area contributed by atoms with Gasteiger partial charge in [0.2, 0.25) is 0 Å². The molecule has 0 spiro atoms. The molecular formula is C18H20N4. The van der Waals surface area contributed by atoms with Gasteiger partial charge in [-0.1, -0.05) is 29.8 Å². The van der Waals surface area contributed by atoms with Crippen molar-refractivity contribution in [3.05, 3.63) is 53.1 Å². The van der Waals surface area contributed by atoms with Crippen molar-refractivity contribution in [3.8, 4) is 12.1 Å². The van der Waals surface area contributed by atoms with Crippen LogP contribution in [0.1, 0.15) is 11.1 Å². The monoisotopic (exact) mass is 292 g/mol. The highest BCUT2D eigenvalue weighted by Crippen LogP contribution is 2.21. The smallest absolute Gasteiger partial charge is 0.129 e. The van der Waals surface area contributed by atoms with Crippen LogP contribution in [-0.4, -0.2) is 43.0 Å². The molecule has 0 saturated carbocycles. The molecule has 0 N–H and O–H groups in total. The summed E-state index contributed by atoms with van der Waals surface area (Å²) in [6.45, 7) is 5.97. The van der Waals surface area contributed by atoms with E-state index in [4.69, 9.17) is 10.5 Å². The van der Waals surface area contributed by atoms with Gasteiger partial charge in [-0.05, 0) is 31.7 Å². The molecular weight excluding hydrogens is 272 g/mol. The molecule has 1 aliphatic heterocycles. The van der Waals surface area contributed by atoms with E-state index in [2.05, 4.69) is 48.0 Å². The Labute approximate surface area is 132 Å². The van der Waals surface area contributed by atoms with Gasteiger partial charge in [-0.15, -0.1) is 0 Å². The van der Waals surface area contributed by atoms with Gasteiger partial charge in [-0.2, -0.15) is 10.5 Å². The normalized spacial score (nSPS) is 15.8. The molecule has 0 aliphatic carbocycles. The second kappa shape index (κ2) is 7.45. The van der Waals surface area contributed by atoms with Gasteiger partial charge in [0.1, 0.15) is 17.7 Å². The van der Waals surface area contributed by atoms with Crippen LogP contribution in [0.4, 0.5) is 0 Å². The van der Waals surface area contributed by atoms with Gasteiger partial charge in [0, 0.05) is 31.9 Å². The summed E-state index contributed by atoms with van der Waals surface area (Å²) in [6.07, 6.45) is 3.49. The quantitative estimate of drug-likeness (QED) is 0.634. The first kappa shape index (κ1) is 15.8. The maximum absolute atomic E-state index is 8.90. The van der Waals surface area contributed by atoms with Gasteiger partial charge >= 0.3 is 0 Å². The first-order valence-corrected chi connectivity index (χ1v) is 7.36. The summed E-state index contributed by atoms with van der Waals surface area (Å²) in [4.78, 5) is 4.61. The summed E-state index contributed by atoms with van der Waals surface area (Å²) in [5.41, 5.74) is 3.52. The largest absolute Gasteiger partial charge is 0.368 e. The Hall–Kier alpha value is -2.56. The third kappa shape index (κ3) is 3.97. The SMILES string of the molecule is Cc1ccc(/C(=C/C=C(C#N)C#N)N2CCN(C)CC2)cc1. The van der Waals surface area contributed by atoms with E-state index in [1.807, 2.05) is 18.2 Å². The van der Waals surface area contributed by atoms with Crippen molar-refractivity contribution in [1.29, 1.82) is 10.5 Å². The molecule has 0 bridgehead atoms. The summed E-state index contributed by atoms with van der Waals surface area (Å²) in [7, 11) is 2.12. The second-order valence-corrected chi connectivity index (χ2v) is 5.51. The zero-order valence-electron chi connectivity index (χ0n) is 13.1. The summed E-state index contributed by atoms with van der Waals surface area (Å²) >= 11 is 0. The van der Waals surface area contributed by atoms with Gasteiger partial charge < -0.3 is 9.80 Å². The van der Waals surface area contributed by atoms with E-state index in [0.717, 1.165) is 37.4 Å². The average molecular weight is 292 g/mol. The molecule has 1 aromatic carbocycles. The molecule has 0 aromatic heterocycles. The lowest BCUT2D eigenvalue weighted by Crippen LogP contribution is -2.43. The molecule has 1 aliphatic rings. The predicted molar refractivity (Wildman–Crippen MR) is 87.5 cm³/mol. The number of hydrogen-bond acceptors (Lipinski definition) is 4. The van der Waals surface area contributed by atoms with Crippen LogP contribution < -0.4 is 0 Å². The minimum atomic E-state index is 0.124. The third-order valence-electron chi connectivity index (χ3n) is 3.84. The van der Waals surface area contributed by atoms with Crippen molar-refractivity contribution in [2.24, 2.45) is 0 Å². The van der Waals surface area contributed by atoms with Crippen molar-refractivity contribution in [1.82, 2.24) is 9.80 Å². The highest BCUT2D eigenvalue weighted by Gasteiger charge is 2.17. The van der Waals surface area contributed by atoms with Crippen molar-refractivity contribution in [3.63, 3.8) is 0 Å². The first-order valence-electron chi connectivity index (χ1n) is 7.36. The van der Waals surface area contributed by atoms with Crippen molar-refractivity contribution >= 4 is 5.70 Å². The summed E-state index contributed by atoms with van der Waals surface area (Å²) < 4.78 is 0. The fraction of sp³-hybridized carbons (Fsp3) is 0.333. The molecule has 0 amide bonds. The molecule has 0 atom stereocenters. The van der Waals surface area contributed by atoms with Crippen molar-refractivity contribution in [2.45, 2.75) is 6.92 Å². The fourth-order valence-electron chi connectivity index (χ4n) is 2.42. The lowest BCUT2D eigenvalue weighted by atomic mass is 10.1. The third-order valence-corrected chi connectivity index (χ3v) is 3.84. The van der Waals surface area contributed by atoms with Gasteiger partial charge in [-0.25, -0.2) is 0 Å². The Morgan fingerprint density at radius 3 is 2.14 bits per heavy atom. The van der Waals surface area contributed by atoms with Gasteiger partial charge in [-0.3, -0.25) is 0 Å². The van der Waals surface area contributed by atoms with E-state index in [-0.39, 0.29) is 5.57 Å². The zero-order valence-corrected chi connectivity index (χ0v) is 13.1. The van der Waals surface area contributed by atoms with Crippen molar-refractivity contribution in [2.75, 3.05) is 33.2 Å². The van der Waals surface area contributed by atoms with Crippen LogP contribution in [0.25, 0.3) is 5.70 Å². The second-order valence-electron chi connectivity index (χ2n) is 5.51. The lowest BCUT2D eigenvalue weighted by molar-refractivity contribution is 0.207. The maximum atomic E-state index is 8.90. The lowest BCUT2D eigenvalue weighted by Gasteiger charge is -2.35. The van der Waals surface area contributed by atoms with Crippen LogP contribution >= 0.6 is 0 Å². The van der Waals surface area contributed by atoms with Crippen LogP contribution in [0.15, 0.2) is 42.0 Å². The Bertz CT molecular complexity index is 632. The van der Waals surface area contributed by atoms with Crippen LogP contribution in [0.2, 0.25) is 0 Å². The van der Waals surface area contributed by atoms with E-state index in [9.17, 15) is 0 Å². The summed E-state index contributed by atoms with van der Waals surface area (Å²) in [6, 6.07) is 12.2. The number of rotatable bonds is 3. The molecule has 112 valence electrons. The highest BCUT2D eigenvalue weighted by atomic mass is 15.2. The number of allylic oxidation sites excluding steroid dienone is 3. The fourth-order valence-corrected chi connectivity index (χ4v) is 2.42. The van der Waals surface area contributed by atoms with Crippen LogP contribution in [0.5, 0.6) is 0 Å². The standard InChI is InChI=1S/C18H20N4/c1-15-3-6-17(7-4-15)18(8-5-16(13-19)14-20)22-11-9-21(2)10-12-22/h3-8H,9-12H2,1-2H3/b18-8-. The molecule has 1 saturated heterocycles. The number of nitriles is 2. The molecule has 0 radical (unpaired) electrons. The number of benzene rings is 1. The molecule has 4 nitrogen and oxygen atoms in total. The minimum absolute atomic E-state index is 0.124. The Morgan fingerprint density at radius 2 is 1.59 bits per heavy atom. The van der Waals surface area contributed by atoms with Crippen LogP contribution in [0.3, 0.4) is 0 Å². The number of piperazine rings is 1. The predicted octanol–water partition coefficient (Wildman–Crippen LogP) is 2.56. The summed E-state index contributed by atoms with van der Waals surface area (Å²) in [5, 5.41) is 17.8. The molecule has 2 rings (SSSR count). The maximum Gasteiger partial charge on any atom is 0.129 e. The van der Waals surface area contributed by atoms with E-state index < -0.39 is 0 Å². The first-order chi connectivity index (χ1) is 10.6. The minimum Gasteiger partial charge on any atom is -0.368 e. The molecule has 1 heterocycles. The summed E-state index contributed by atoms with van der Waals surface area (Å²) in [5.74, 6) is 0. The van der Waals surface area contributed by atoms with Crippen LogP contribution in [0, 0.1) is 29.6 Å². The van der Waals surface area contributed by atoms with Gasteiger partial charge in [0.15, 0.2) is 0 Å². The van der Waals surface area contributed by atoms with Gasteiger partial charge in [0.05, 0.1) is 0 Å². The Balaban J connectivity index is 2.35.